The zero-order valence-electron chi connectivity index (χ0n) is 12.4. The van der Waals surface area contributed by atoms with E-state index in [-0.39, 0.29) is 0 Å². The average molecular weight is 292 g/mol. The van der Waals surface area contributed by atoms with Gasteiger partial charge in [0.25, 0.3) is 0 Å². The number of carbonyl (C=O) groups excluding carboxylic acids is 2. The number of rotatable bonds is 4. The topological polar surface area (TPSA) is 89.5 Å². The van der Waals surface area contributed by atoms with Gasteiger partial charge in [-0.15, -0.1) is 0 Å². The first-order valence-electron chi connectivity index (χ1n) is 5.90. The van der Waals surface area contributed by atoms with Crippen LogP contribution in [0.1, 0.15) is 13.8 Å². The molecule has 0 aromatic rings. The van der Waals surface area contributed by atoms with Gasteiger partial charge in [0.1, 0.15) is 0 Å². The molecule has 0 bridgehead atoms. The van der Waals surface area contributed by atoms with Crippen molar-refractivity contribution >= 4 is 11.9 Å². The molecule has 0 N–H and O–H groups in total. The predicted molar refractivity (Wildman–Crippen MR) is 64.6 cm³/mol. The van der Waals surface area contributed by atoms with Gasteiger partial charge in [-0.25, -0.2) is 9.59 Å². The van der Waals surface area contributed by atoms with Crippen molar-refractivity contribution in [2.45, 2.75) is 37.6 Å². The molecule has 1 heterocycles. The number of carbonyl (C=O) groups is 2. The van der Waals surface area contributed by atoms with Crippen LogP contribution in [0.15, 0.2) is 0 Å². The fraction of sp³-hybridized carbons (Fsp3) is 0.833. The minimum Gasteiger partial charge on any atom is -0.467 e. The fourth-order valence-electron chi connectivity index (χ4n) is 1.86. The van der Waals surface area contributed by atoms with Crippen molar-refractivity contribution in [3.8, 4) is 0 Å². The Morgan fingerprint density at radius 2 is 1.10 bits per heavy atom. The first-order valence-corrected chi connectivity index (χ1v) is 5.90. The number of methoxy groups -OCH3 is 4. The number of hydrogen-bond donors (Lipinski definition) is 0. The Bertz CT molecular complexity index is 348. The lowest BCUT2D eigenvalue weighted by Crippen LogP contribution is -2.68. The standard InChI is InChI=1S/C12H20O8/c1-11(17-5)12(2,18-6)20-8(10(14)16-4)7(19-11)9(13)15-3/h7-8H,1-6H3/t7-,8+,11-,12-/m1/s1. The first-order chi connectivity index (χ1) is 9.28. The van der Waals surface area contributed by atoms with Crippen LogP contribution in [0, 0.1) is 0 Å². The fourth-order valence-corrected chi connectivity index (χ4v) is 1.86. The van der Waals surface area contributed by atoms with Crippen LogP contribution >= 0.6 is 0 Å². The molecule has 0 spiro atoms. The molecule has 8 nitrogen and oxygen atoms in total. The summed E-state index contributed by atoms with van der Waals surface area (Å²) in [6.07, 6.45) is -2.64. The van der Waals surface area contributed by atoms with Crippen molar-refractivity contribution in [2.24, 2.45) is 0 Å². The van der Waals surface area contributed by atoms with Crippen LogP contribution in [0.3, 0.4) is 0 Å². The van der Waals surface area contributed by atoms with E-state index in [1.54, 1.807) is 0 Å². The predicted octanol–water partition coefficient (Wildman–Crippen LogP) is -0.158. The minimum atomic E-state index is -1.41. The van der Waals surface area contributed by atoms with Crippen molar-refractivity contribution in [1.82, 2.24) is 0 Å². The Hall–Kier alpha value is -1.22. The quantitative estimate of drug-likeness (QED) is 0.660. The number of esters is 2. The van der Waals surface area contributed by atoms with Crippen LogP contribution in [0.5, 0.6) is 0 Å². The number of hydrogen-bond acceptors (Lipinski definition) is 8. The Morgan fingerprint density at radius 1 is 0.800 bits per heavy atom. The van der Waals surface area contributed by atoms with E-state index in [1.807, 2.05) is 0 Å². The zero-order valence-corrected chi connectivity index (χ0v) is 12.4. The summed E-state index contributed by atoms with van der Waals surface area (Å²) in [5, 5.41) is 0. The van der Waals surface area contributed by atoms with Gasteiger partial charge < -0.3 is 28.4 Å². The van der Waals surface area contributed by atoms with Crippen molar-refractivity contribution in [1.29, 1.82) is 0 Å². The SMILES string of the molecule is COC(=O)[C@H]1O[C@@](C)(OC)[C@](C)(OC)O[C@H]1C(=O)OC. The molecule has 0 saturated carbocycles. The summed E-state index contributed by atoms with van der Waals surface area (Å²) in [6, 6.07) is 0. The molecular formula is C12H20O8. The van der Waals surface area contributed by atoms with Crippen molar-refractivity contribution in [2.75, 3.05) is 28.4 Å². The van der Waals surface area contributed by atoms with Gasteiger partial charge in [0, 0.05) is 14.2 Å². The largest absolute Gasteiger partial charge is 0.467 e. The van der Waals surface area contributed by atoms with E-state index in [0.29, 0.717) is 0 Å². The molecule has 0 unspecified atom stereocenters. The van der Waals surface area contributed by atoms with Crippen LogP contribution in [0.25, 0.3) is 0 Å². The van der Waals surface area contributed by atoms with Gasteiger partial charge in [-0.05, 0) is 13.8 Å². The van der Waals surface area contributed by atoms with Crippen LogP contribution < -0.4 is 0 Å². The molecule has 0 amide bonds. The van der Waals surface area contributed by atoms with Gasteiger partial charge in [0.2, 0.25) is 11.6 Å². The van der Waals surface area contributed by atoms with Gasteiger partial charge in [-0.3, -0.25) is 0 Å². The molecule has 20 heavy (non-hydrogen) atoms. The summed E-state index contributed by atoms with van der Waals surface area (Å²) in [7, 11) is 5.09. The molecule has 1 saturated heterocycles. The lowest BCUT2D eigenvalue weighted by molar-refractivity contribution is -0.439. The summed E-state index contributed by atoms with van der Waals surface area (Å²) in [6.45, 7) is 3.06. The minimum absolute atomic E-state index is 0.776. The van der Waals surface area contributed by atoms with Gasteiger partial charge in [-0.2, -0.15) is 0 Å². The van der Waals surface area contributed by atoms with Crippen molar-refractivity contribution in [3.63, 3.8) is 0 Å². The van der Waals surface area contributed by atoms with Crippen LogP contribution in [-0.4, -0.2) is 64.2 Å². The molecule has 0 aliphatic carbocycles. The van der Waals surface area contributed by atoms with E-state index in [2.05, 4.69) is 9.47 Å². The van der Waals surface area contributed by atoms with Crippen LogP contribution in [0.2, 0.25) is 0 Å². The second-order valence-electron chi connectivity index (χ2n) is 4.42. The summed E-state index contributed by atoms with van der Waals surface area (Å²) in [5.74, 6) is -4.38. The highest BCUT2D eigenvalue weighted by atomic mass is 16.8. The highest BCUT2D eigenvalue weighted by Gasteiger charge is 2.60. The van der Waals surface area contributed by atoms with Gasteiger partial charge in [0.05, 0.1) is 14.2 Å². The van der Waals surface area contributed by atoms with Crippen LogP contribution in [0.4, 0.5) is 0 Å². The van der Waals surface area contributed by atoms with E-state index < -0.39 is 35.7 Å². The van der Waals surface area contributed by atoms with Gasteiger partial charge >= 0.3 is 11.9 Å². The molecule has 1 fully saturated rings. The second kappa shape index (κ2) is 6.04. The molecular weight excluding hydrogens is 272 g/mol. The van der Waals surface area contributed by atoms with Gasteiger partial charge in [-0.1, -0.05) is 0 Å². The summed E-state index contributed by atoms with van der Waals surface area (Å²) in [4.78, 5) is 23.5. The molecule has 8 heteroatoms. The normalized spacial score (nSPS) is 37.3. The zero-order chi connectivity index (χ0) is 15.6. The van der Waals surface area contributed by atoms with Crippen LogP contribution in [-0.2, 0) is 38.0 Å². The van der Waals surface area contributed by atoms with Gasteiger partial charge in [0.15, 0.2) is 12.2 Å². The third kappa shape index (κ3) is 2.64. The molecule has 1 rings (SSSR count). The average Bonchev–Trinajstić information content (AvgIpc) is 2.47. The first kappa shape index (κ1) is 16.8. The Kier molecular flexibility index (Phi) is 5.09. The van der Waals surface area contributed by atoms with Crippen molar-refractivity contribution < 1.29 is 38.0 Å². The monoisotopic (exact) mass is 292 g/mol. The van der Waals surface area contributed by atoms with E-state index in [4.69, 9.17) is 18.9 Å². The highest BCUT2D eigenvalue weighted by molar-refractivity contribution is 5.85. The molecule has 0 aromatic carbocycles. The molecule has 1 aliphatic heterocycles. The lowest BCUT2D eigenvalue weighted by atomic mass is 10.0. The maximum absolute atomic E-state index is 11.8. The molecule has 116 valence electrons. The highest BCUT2D eigenvalue weighted by Crippen LogP contribution is 2.39. The summed E-state index contributed by atoms with van der Waals surface area (Å²) >= 11 is 0. The molecule has 0 aromatic heterocycles. The molecule has 0 radical (unpaired) electrons. The number of ether oxygens (including phenoxy) is 6. The van der Waals surface area contributed by atoms with E-state index in [1.165, 1.54) is 42.3 Å². The Balaban J connectivity index is 3.18. The van der Waals surface area contributed by atoms with E-state index in [0.717, 1.165) is 0 Å². The maximum Gasteiger partial charge on any atom is 0.338 e. The molecule has 4 atom stereocenters. The Labute approximate surface area is 117 Å². The van der Waals surface area contributed by atoms with E-state index in [9.17, 15) is 9.59 Å². The maximum atomic E-state index is 11.8. The summed E-state index contributed by atoms with van der Waals surface area (Å²) in [5.41, 5.74) is 0. The summed E-state index contributed by atoms with van der Waals surface area (Å²) < 4.78 is 30.8. The molecule has 1 aliphatic rings. The van der Waals surface area contributed by atoms with Crippen molar-refractivity contribution in [3.05, 3.63) is 0 Å². The Morgan fingerprint density at radius 3 is 1.30 bits per heavy atom. The smallest absolute Gasteiger partial charge is 0.338 e. The third-order valence-electron chi connectivity index (χ3n) is 3.45. The second-order valence-corrected chi connectivity index (χ2v) is 4.42. The van der Waals surface area contributed by atoms with E-state index >= 15 is 0 Å². The third-order valence-corrected chi connectivity index (χ3v) is 3.45. The lowest BCUT2D eigenvalue weighted by Gasteiger charge is -2.50.